The highest BCUT2D eigenvalue weighted by Gasteiger charge is 2.23. The highest BCUT2D eigenvalue weighted by atomic mass is 16.7. The van der Waals surface area contributed by atoms with Crippen molar-refractivity contribution < 1.29 is 14.3 Å². The van der Waals surface area contributed by atoms with E-state index in [2.05, 4.69) is 23.8 Å². The van der Waals surface area contributed by atoms with Crippen molar-refractivity contribution >= 4 is 5.78 Å². The van der Waals surface area contributed by atoms with Gasteiger partial charge in [-0.05, 0) is 45.1 Å². The van der Waals surface area contributed by atoms with Crippen LogP contribution < -0.4 is 9.47 Å². The molecule has 21 heavy (non-hydrogen) atoms. The van der Waals surface area contributed by atoms with E-state index in [4.69, 9.17) is 9.47 Å². The fourth-order valence-electron chi connectivity index (χ4n) is 3.00. The van der Waals surface area contributed by atoms with Crippen molar-refractivity contribution in [3.8, 4) is 11.5 Å². The number of hydrogen-bond donors (Lipinski definition) is 0. The van der Waals surface area contributed by atoms with Gasteiger partial charge in [-0.3, -0.25) is 9.69 Å². The summed E-state index contributed by atoms with van der Waals surface area (Å²) in [6.07, 6.45) is 1.11. The maximum Gasteiger partial charge on any atom is 0.231 e. The molecule has 1 aromatic rings. The minimum absolute atomic E-state index is 0.143. The molecule has 2 aliphatic heterocycles. The quantitative estimate of drug-likeness (QED) is 0.791. The fraction of sp³-hybridized carbons (Fsp3) is 0.562. The minimum Gasteiger partial charge on any atom is -0.454 e. The molecule has 1 saturated heterocycles. The number of benzene rings is 1. The molecule has 2 heterocycles. The number of rotatable bonds is 3. The Morgan fingerprint density at radius 1 is 1.29 bits per heavy atom. The molecule has 5 nitrogen and oxygen atoms in total. The molecule has 1 unspecified atom stereocenters. The third-order valence-corrected chi connectivity index (χ3v) is 4.23. The normalized spacial score (nSPS) is 23.0. The summed E-state index contributed by atoms with van der Waals surface area (Å²) in [6, 6.07) is 5.83. The summed E-state index contributed by atoms with van der Waals surface area (Å²) in [5, 5.41) is 0. The van der Waals surface area contributed by atoms with E-state index < -0.39 is 0 Å². The van der Waals surface area contributed by atoms with Gasteiger partial charge in [0.1, 0.15) is 0 Å². The highest BCUT2D eigenvalue weighted by molar-refractivity contribution is 5.98. The zero-order valence-corrected chi connectivity index (χ0v) is 12.7. The molecular weight excluding hydrogens is 268 g/mol. The molecule has 1 atom stereocenters. The third-order valence-electron chi connectivity index (χ3n) is 4.23. The van der Waals surface area contributed by atoms with E-state index in [0.717, 1.165) is 31.8 Å². The Kier molecular flexibility index (Phi) is 4.12. The van der Waals surface area contributed by atoms with Crippen molar-refractivity contribution in [2.45, 2.75) is 19.4 Å². The predicted octanol–water partition coefficient (Wildman–Crippen LogP) is 1.62. The number of likely N-dealkylation sites (N-methyl/N-ethyl adjacent to an activating group) is 1. The molecule has 0 spiro atoms. The Morgan fingerprint density at radius 3 is 2.95 bits per heavy atom. The van der Waals surface area contributed by atoms with Gasteiger partial charge in [-0.1, -0.05) is 0 Å². The van der Waals surface area contributed by atoms with Crippen molar-refractivity contribution in [3.63, 3.8) is 0 Å². The van der Waals surface area contributed by atoms with Crippen molar-refractivity contribution in [2.24, 2.45) is 0 Å². The van der Waals surface area contributed by atoms with Gasteiger partial charge in [-0.25, -0.2) is 0 Å². The second-order valence-corrected chi connectivity index (χ2v) is 5.93. The summed E-state index contributed by atoms with van der Waals surface area (Å²) in [5.74, 6) is 1.53. The lowest BCUT2D eigenvalue weighted by atomic mass is 10.1. The first-order chi connectivity index (χ1) is 10.1. The lowest BCUT2D eigenvalue weighted by Crippen LogP contribution is -2.40. The van der Waals surface area contributed by atoms with Crippen molar-refractivity contribution in [1.29, 1.82) is 0 Å². The molecule has 5 heteroatoms. The molecule has 0 bridgehead atoms. The zero-order chi connectivity index (χ0) is 14.8. The number of hydrogen-bond acceptors (Lipinski definition) is 5. The summed E-state index contributed by atoms with van der Waals surface area (Å²) < 4.78 is 10.6. The van der Waals surface area contributed by atoms with Gasteiger partial charge < -0.3 is 14.4 Å². The molecule has 114 valence electrons. The Morgan fingerprint density at radius 2 is 2.10 bits per heavy atom. The van der Waals surface area contributed by atoms with E-state index >= 15 is 0 Å². The number of ketones is 1. The van der Waals surface area contributed by atoms with Crippen LogP contribution in [0, 0.1) is 0 Å². The van der Waals surface area contributed by atoms with Crippen LogP contribution >= 0.6 is 0 Å². The summed E-state index contributed by atoms with van der Waals surface area (Å²) in [5.41, 5.74) is 0.698. The molecule has 0 aliphatic carbocycles. The van der Waals surface area contributed by atoms with Gasteiger partial charge in [-0.15, -0.1) is 0 Å². The molecule has 3 rings (SSSR count). The summed E-state index contributed by atoms with van der Waals surface area (Å²) >= 11 is 0. The van der Waals surface area contributed by atoms with E-state index in [0.29, 0.717) is 23.9 Å². The van der Waals surface area contributed by atoms with Crippen LogP contribution in [0.25, 0.3) is 0 Å². The van der Waals surface area contributed by atoms with E-state index in [1.54, 1.807) is 6.07 Å². The minimum atomic E-state index is 0.143. The number of ether oxygens (including phenoxy) is 2. The number of fused-ring (bicyclic) bond motifs is 1. The van der Waals surface area contributed by atoms with Crippen LogP contribution in [0.3, 0.4) is 0 Å². The summed E-state index contributed by atoms with van der Waals surface area (Å²) in [4.78, 5) is 17.1. The molecule has 2 aliphatic rings. The largest absolute Gasteiger partial charge is 0.454 e. The Bertz CT molecular complexity index is 532. The van der Waals surface area contributed by atoms with Crippen LogP contribution in [0.5, 0.6) is 11.5 Å². The van der Waals surface area contributed by atoms with Crippen LogP contribution in [0.1, 0.15) is 23.7 Å². The Hall–Kier alpha value is -1.59. The lowest BCUT2D eigenvalue weighted by Gasteiger charge is -2.27. The Balaban J connectivity index is 1.68. The summed E-state index contributed by atoms with van der Waals surface area (Å²) in [7, 11) is 2.14. The topological polar surface area (TPSA) is 42.0 Å². The lowest BCUT2D eigenvalue weighted by molar-refractivity contribution is 0.0900. The van der Waals surface area contributed by atoms with Gasteiger partial charge in [0, 0.05) is 24.7 Å². The van der Waals surface area contributed by atoms with Crippen molar-refractivity contribution in [2.75, 3.05) is 40.0 Å². The number of carbonyl (C=O) groups excluding carboxylic acids is 1. The number of carbonyl (C=O) groups is 1. The van der Waals surface area contributed by atoms with Gasteiger partial charge in [0.15, 0.2) is 17.3 Å². The van der Waals surface area contributed by atoms with E-state index in [1.807, 2.05) is 12.1 Å². The molecule has 0 amide bonds. The van der Waals surface area contributed by atoms with Crippen molar-refractivity contribution in [1.82, 2.24) is 9.80 Å². The second kappa shape index (κ2) is 6.03. The maximum atomic E-state index is 12.5. The summed E-state index contributed by atoms with van der Waals surface area (Å²) in [6.45, 7) is 5.97. The monoisotopic (exact) mass is 290 g/mol. The second-order valence-electron chi connectivity index (χ2n) is 5.93. The molecule has 0 radical (unpaired) electrons. The van der Waals surface area contributed by atoms with Crippen LogP contribution in [0.15, 0.2) is 18.2 Å². The first-order valence-electron chi connectivity index (χ1n) is 7.49. The first-order valence-corrected chi connectivity index (χ1v) is 7.49. The molecule has 0 aromatic heterocycles. The van der Waals surface area contributed by atoms with Gasteiger partial charge in [0.25, 0.3) is 0 Å². The SMILES string of the molecule is CC1CN(C)CCCN1CC(=O)c1ccc2c(c1)OCO2. The molecular formula is C16H22N2O3. The standard InChI is InChI=1S/C16H22N2O3/c1-12-9-17(2)6-3-7-18(12)10-14(19)13-4-5-15-16(8-13)21-11-20-15/h4-5,8,12H,3,6-7,9-11H2,1-2H3. The molecule has 1 fully saturated rings. The van der Waals surface area contributed by atoms with Crippen molar-refractivity contribution in [3.05, 3.63) is 23.8 Å². The smallest absolute Gasteiger partial charge is 0.231 e. The maximum absolute atomic E-state index is 12.5. The Labute approximate surface area is 125 Å². The van der Waals surface area contributed by atoms with E-state index in [-0.39, 0.29) is 12.6 Å². The average Bonchev–Trinajstić information content (AvgIpc) is 2.86. The predicted molar refractivity (Wildman–Crippen MR) is 80.0 cm³/mol. The average molecular weight is 290 g/mol. The van der Waals surface area contributed by atoms with Gasteiger partial charge in [-0.2, -0.15) is 0 Å². The highest BCUT2D eigenvalue weighted by Crippen LogP contribution is 2.32. The zero-order valence-electron chi connectivity index (χ0n) is 12.7. The molecule has 1 aromatic carbocycles. The van der Waals surface area contributed by atoms with Gasteiger partial charge in [0.2, 0.25) is 6.79 Å². The van der Waals surface area contributed by atoms with Crippen LogP contribution in [-0.4, -0.2) is 61.6 Å². The molecule has 0 saturated carbocycles. The fourth-order valence-corrected chi connectivity index (χ4v) is 3.00. The van der Waals surface area contributed by atoms with Gasteiger partial charge in [0.05, 0.1) is 6.54 Å². The van der Waals surface area contributed by atoms with E-state index in [9.17, 15) is 4.79 Å². The number of nitrogens with zero attached hydrogens (tertiary/aromatic N) is 2. The first kappa shape index (κ1) is 14.4. The van der Waals surface area contributed by atoms with E-state index in [1.165, 1.54) is 0 Å². The third kappa shape index (κ3) is 3.19. The van der Waals surface area contributed by atoms with Crippen LogP contribution in [0.4, 0.5) is 0 Å². The van der Waals surface area contributed by atoms with Crippen LogP contribution in [0.2, 0.25) is 0 Å². The number of Topliss-reactive ketones (excluding diaryl/α,β-unsaturated/α-hetero) is 1. The van der Waals surface area contributed by atoms with Crippen LogP contribution in [-0.2, 0) is 0 Å². The molecule has 0 N–H and O–H groups in total. The van der Waals surface area contributed by atoms with Gasteiger partial charge >= 0.3 is 0 Å².